The van der Waals surface area contributed by atoms with E-state index in [1.807, 2.05) is 19.1 Å². The molecule has 1 aromatic heterocycles. The molecular formula is C15H17NO3. The fourth-order valence-electron chi connectivity index (χ4n) is 1.93. The lowest BCUT2D eigenvalue weighted by Gasteiger charge is -2.20. The standard InChI is InChI=1S/C15H17NO3/c1-9-5-6-10(15(2,3)4)7-11(9)12-13(14(17)18)19-8-16-12/h5-8H,1-4H3,(H,17,18). The van der Waals surface area contributed by atoms with Crippen LogP contribution in [0, 0.1) is 6.92 Å². The van der Waals surface area contributed by atoms with Crippen molar-refractivity contribution < 1.29 is 14.3 Å². The highest BCUT2D eigenvalue weighted by Gasteiger charge is 2.21. The molecule has 0 amide bonds. The molecule has 4 nitrogen and oxygen atoms in total. The van der Waals surface area contributed by atoms with Gasteiger partial charge < -0.3 is 9.52 Å². The molecule has 0 radical (unpaired) electrons. The van der Waals surface area contributed by atoms with Gasteiger partial charge in [0.05, 0.1) is 0 Å². The fourth-order valence-corrected chi connectivity index (χ4v) is 1.93. The first kappa shape index (κ1) is 13.3. The molecule has 2 aromatic rings. The number of oxazole rings is 1. The highest BCUT2D eigenvalue weighted by molar-refractivity contribution is 5.92. The van der Waals surface area contributed by atoms with Gasteiger partial charge in [-0.15, -0.1) is 0 Å². The van der Waals surface area contributed by atoms with Crippen molar-refractivity contribution in [1.82, 2.24) is 4.98 Å². The summed E-state index contributed by atoms with van der Waals surface area (Å²) in [6.45, 7) is 8.27. The average Bonchev–Trinajstić information content (AvgIpc) is 2.76. The van der Waals surface area contributed by atoms with Crippen molar-refractivity contribution in [3.8, 4) is 11.3 Å². The van der Waals surface area contributed by atoms with Crippen molar-refractivity contribution in [3.63, 3.8) is 0 Å². The number of aromatic carboxylic acids is 1. The van der Waals surface area contributed by atoms with E-state index in [9.17, 15) is 4.79 Å². The number of nitrogens with zero attached hydrogens (tertiary/aromatic N) is 1. The normalized spacial score (nSPS) is 11.6. The summed E-state index contributed by atoms with van der Waals surface area (Å²) in [7, 11) is 0. The van der Waals surface area contributed by atoms with Gasteiger partial charge in [-0.3, -0.25) is 0 Å². The molecular weight excluding hydrogens is 242 g/mol. The minimum absolute atomic E-state index is 0.00439. The predicted octanol–water partition coefficient (Wildman–Crippen LogP) is 3.65. The van der Waals surface area contributed by atoms with Crippen LogP contribution >= 0.6 is 0 Å². The van der Waals surface area contributed by atoms with Crippen LogP contribution in [0.5, 0.6) is 0 Å². The van der Waals surface area contributed by atoms with Crippen LogP contribution < -0.4 is 0 Å². The Morgan fingerprint density at radius 3 is 2.58 bits per heavy atom. The zero-order chi connectivity index (χ0) is 14.2. The van der Waals surface area contributed by atoms with Crippen molar-refractivity contribution in [2.24, 2.45) is 0 Å². The Morgan fingerprint density at radius 1 is 1.32 bits per heavy atom. The molecule has 1 heterocycles. The third-order valence-corrected chi connectivity index (χ3v) is 3.12. The number of aromatic nitrogens is 1. The Morgan fingerprint density at radius 2 is 2.00 bits per heavy atom. The number of carbonyl (C=O) groups is 1. The SMILES string of the molecule is Cc1ccc(C(C)(C)C)cc1-c1ncoc1C(=O)O. The summed E-state index contributed by atoms with van der Waals surface area (Å²) >= 11 is 0. The number of rotatable bonds is 2. The van der Waals surface area contributed by atoms with Gasteiger partial charge in [0.2, 0.25) is 5.76 Å². The van der Waals surface area contributed by atoms with Crippen molar-refractivity contribution >= 4 is 5.97 Å². The maximum Gasteiger partial charge on any atom is 0.374 e. The summed E-state index contributed by atoms with van der Waals surface area (Å²) < 4.78 is 4.95. The summed E-state index contributed by atoms with van der Waals surface area (Å²) in [5, 5.41) is 9.10. The lowest BCUT2D eigenvalue weighted by Crippen LogP contribution is -2.11. The third kappa shape index (κ3) is 2.52. The largest absolute Gasteiger partial charge is 0.475 e. The Labute approximate surface area is 112 Å². The number of carboxylic acid groups (broad SMARTS) is 1. The summed E-state index contributed by atoms with van der Waals surface area (Å²) in [5.74, 6) is -1.22. The number of carboxylic acids is 1. The van der Waals surface area contributed by atoms with Gasteiger partial charge in [0, 0.05) is 5.56 Å². The van der Waals surface area contributed by atoms with Crippen molar-refractivity contribution in [2.45, 2.75) is 33.1 Å². The smallest absolute Gasteiger partial charge is 0.374 e. The maximum atomic E-state index is 11.1. The zero-order valence-electron chi connectivity index (χ0n) is 11.5. The van der Waals surface area contributed by atoms with Crippen LogP contribution in [0.3, 0.4) is 0 Å². The molecule has 0 spiro atoms. The van der Waals surface area contributed by atoms with Crippen LogP contribution in [-0.2, 0) is 5.41 Å². The fraction of sp³-hybridized carbons (Fsp3) is 0.333. The Bertz CT molecular complexity index is 621. The number of benzene rings is 1. The van der Waals surface area contributed by atoms with E-state index in [4.69, 9.17) is 9.52 Å². The van der Waals surface area contributed by atoms with Crippen LogP contribution in [0.25, 0.3) is 11.3 Å². The molecule has 4 heteroatoms. The van der Waals surface area contributed by atoms with Crippen LogP contribution in [0.15, 0.2) is 29.0 Å². The topological polar surface area (TPSA) is 63.3 Å². The van der Waals surface area contributed by atoms with E-state index >= 15 is 0 Å². The zero-order valence-corrected chi connectivity index (χ0v) is 11.5. The van der Waals surface area contributed by atoms with E-state index in [2.05, 4.69) is 31.8 Å². The number of aryl methyl sites for hydroxylation is 1. The highest BCUT2D eigenvalue weighted by Crippen LogP contribution is 2.31. The molecule has 0 fully saturated rings. The molecule has 0 saturated heterocycles. The van der Waals surface area contributed by atoms with Crippen LogP contribution in [0.1, 0.15) is 42.5 Å². The summed E-state index contributed by atoms with van der Waals surface area (Å²) in [4.78, 5) is 15.2. The molecule has 0 aliphatic heterocycles. The molecule has 0 aliphatic rings. The van der Waals surface area contributed by atoms with Gasteiger partial charge >= 0.3 is 5.97 Å². The maximum absolute atomic E-state index is 11.1. The lowest BCUT2D eigenvalue weighted by molar-refractivity contribution is 0.0663. The van der Waals surface area contributed by atoms with E-state index in [0.29, 0.717) is 5.69 Å². The first-order chi connectivity index (χ1) is 8.80. The molecule has 19 heavy (non-hydrogen) atoms. The minimum atomic E-state index is -1.10. The van der Waals surface area contributed by atoms with Crippen molar-refractivity contribution in [1.29, 1.82) is 0 Å². The van der Waals surface area contributed by atoms with Gasteiger partial charge in [-0.1, -0.05) is 32.9 Å². The monoisotopic (exact) mass is 259 g/mol. The molecule has 1 aromatic carbocycles. The van der Waals surface area contributed by atoms with Crippen molar-refractivity contribution in [3.05, 3.63) is 41.5 Å². The molecule has 1 N–H and O–H groups in total. The predicted molar refractivity (Wildman–Crippen MR) is 72.3 cm³/mol. The average molecular weight is 259 g/mol. The van der Waals surface area contributed by atoms with Crippen LogP contribution in [-0.4, -0.2) is 16.1 Å². The Kier molecular flexibility index (Phi) is 3.18. The van der Waals surface area contributed by atoms with Crippen LogP contribution in [0.2, 0.25) is 0 Å². The van der Waals surface area contributed by atoms with Gasteiger partial charge in [-0.05, 0) is 29.5 Å². The van der Waals surface area contributed by atoms with E-state index in [1.165, 1.54) is 6.39 Å². The second kappa shape index (κ2) is 4.53. The van der Waals surface area contributed by atoms with Crippen LogP contribution in [0.4, 0.5) is 0 Å². The van der Waals surface area contributed by atoms with E-state index in [-0.39, 0.29) is 11.2 Å². The van der Waals surface area contributed by atoms with Gasteiger partial charge in [-0.25, -0.2) is 9.78 Å². The number of hydrogen-bond donors (Lipinski definition) is 1. The highest BCUT2D eigenvalue weighted by atomic mass is 16.4. The Hall–Kier alpha value is -2.10. The quantitative estimate of drug-likeness (QED) is 0.894. The summed E-state index contributed by atoms with van der Waals surface area (Å²) in [6, 6.07) is 6.02. The van der Waals surface area contributed by atoms with E-state index in [1.54, 1.807) is 0 Å². The second-order valence-electron chi connectivity index (χ2n) is 5.61. The molecule has 0 aliphatic carbocycles. The summed E-state index contributed by atoms with van der Waals surface area (Å²) in [6.07, 6.45) is 1.17. The molecule has 0 bridgehead atoms. The molecule has 100 valence electrons. The summed E-state index contributed by atoms with van der Waals surface area (Å²) in [5.41, 5.74) is 3.29. The first-order valence-corrected chi connectivity index (χ1v) is 6.09. The van der Waals surface area contributed by atoms with E-state index in [0.717, 1.165) is 16.7 Å². The molecule has 2 rings (SSSR count). The molecule has 0 saturated carbocycles. The van der Waals surface area contributed by atoms with Gasteiger partial charge in [-0.2, -0.15) is 0 Å². The number of hydrogen-bond acceptors (Lipinski definition) is 3. The Balaban J connectivity index is 2.62. The van der Waals surface area contributed by atoms with Gasteiger partial charge in [0.1, 0.15) is 5.69 Å². The van der Waals surface area contributed by atoms with Gasteiger partial charge in [0.15, 0.2) is 6.39 Å². The lowest BCUT2D eigenvalue weighted by atomic mass is 9.85. The minimum Gasteiger partial charge on any atom is -0.475 e. The molecule has 0 atom stereocenters. The first-order valence-electron chi connectivity index (χ1n) is 6.09. The third-order valence-electron chi connectivity index (χ3n) is 3.12. The molecule has 0 unspecified atom stereocenters. The van der Waals surface area contributed by atoms with Crippen molar-refractivity contribution in [2.75, 3.05) is 0 Å². The van der Waals surface area contributed by atoms with Gasteiger partial charge in [0.25, 0.3) is 0 Å². The second-order valence-corrected chi connectivity index (χ2v) is 5.61. The van der Waals surface area contributed by atoms with E-state index < -0.39 is 5.97 Å².